The van der Waals surface area contributed by atoms with E-state index in [9.17, 15) is 13.2 Å². The first-order chi connectivity index (χ1) is 16.4. The number of nitrogens with one attached hydrogen (secondary N) is 1. The maximum absolute atomic E-state index is 13.8. The van der Waals surface area contributed by atoms with E-state index in [1.165, 1.54) is 4.31 Å². The molecule has 0 aliphatic rings. The number of hydrogen-bond acceptors (Lipinski definition) is 3. The van der Waals surface area contributed by atoms with Crippen LogP contribution in [0.3, 0.4) is 0 Å². The lowest BCUT2D eigenvalue weighted by molar-refractivity contribution is -0.121. The number of sulfonamides is 1. The molecule has 0 fully saturated rings. The summed E-state index contributed by atoms with van der Waals surface area (Å²) in [6.07, 6.45) is 0.0635. The molecule has 1 amide bonds. The SMILES string of the molecule is CC(NC(=O)CCN(Cc1ccccc1)S(=O)(=O)c1cccc2ccccc12)c1ccccc1. The summed E-state index contributed by atoms with van der Waals surface area (Å²) in [5.74, 6) is -0.192. The zero-order valence-corrected chi connectivity index (χ0v) is 19.9. The van der Waals surface area contributed by atoms with Crippen LogP contribution < -0.4 is 5.32 Å². The lowest BCUT2D eigenvalue weighted by atomic mass is 10.1. The van der Waals surface area contributed by atoms with Crippen molar-refractivity contribution < 1.29 is 13.2 Å². The Balaban J connectivity index is 1.57. The Bertz CT molecular complexity index is 1350. The molecule has 0 spiro atoms. The Kier molecular flexibility index (Phi) is 7.40. The molecular weight excluding hydrogens is 444 g/mol. The highest BCUT2D eigenvalue weighted by atomic mass is 32.2. The zero-order valence-electron chi connectivity index (χ0n) is 19.1. The molecule has 0 heterocycles. The molecule has 0 saturated carbocycles. The van der Waals surface area contributed by atoms with Gasteiger partial charge in [-0.25, -0.2) is 8.42 Å². The number of fused-ring (bicyclic) bond motifs is 1. The van der Waals surface area contributed by atoms with Crippen molar-refractivity contribution in [2.24, 2.45) is 0 Å². The molecule has 4 aromatic rings. The summed E-state index contributed by atoms with van der Waals surface area (Å²) >= 11 is 0. The average molecular weight is 473 g/mol. The molecule has 1 unspecified atom stereocenters. The number of hydrogen-bond donors (Lipinski definition) is 1. The van der Waals surface area contributed by atoms with Crippen LogP contribution in [0.25, 0.3) is 10.8 Å². The maximum Gasteiger partial charge on any atom is 0.244 e. The van der Waals surface area contributed by atoms with E-state index in [1.54, 1.807) is 12.1 Å². The third-order valence-electron chi connectivity index (χ3n) is 5.83. The molecule has 0 radical (unpaired) electrons. The molecule has 0 aromatic heterocycles. The summed E-state index contributed by atoms with van der Waals surface area (Å²) < 4.78 is 29.0. The minimum atomic E-state index is -3.85. The smallest absolute Gasteiger partial charge is 0.244 e. The van der Waals surface area contributed by atoms with E-state index in [0.717, 1.165) is 16.5 Å². The zero-order chi connectivity index (χ0) is 24.0. The minimum Gasteiger partial charge on any atom is -0.350 e. The Morgan fingerprint density at radius 3 is 2.18 bits per heavy atom. The summed E-state index contributed by atoms with van der Waals surface area (Å²) in [6, 6.07) is 31.7. The number of nitrogens with zero attached hydrogens (tertiary/aromatic N) is 1. The van der Waals surface area contributed by atoms with Gasteiger partial charge in [0.1, 0.15) is 0 Å². The molecule has 0 aliphatic heterocycles. The average Bonchev–Trinajstić information content (AvgIpc) is 2.87. The number of amides is 1. The predicted molar refractivity (Wildman–Crippen MR) is 136 cm³/mol. The quantitative estimate of drug-likeness (QED) is 0.360. The lowest BCUT2D eigenvalue weighted by Crippen LogP contribution is -2.35. The number of carbonyl (C=O) groups excluding carboxylic acids is 1. The third kappa shape index (κ3) is 5.53. The molecule has 0 bridgehead atoms. The second-order valence-electron chi connectivity index (χ2n) is 8.25. The number of benzene rings is 4. The first kappa shape index (κ1) is 23.7. The maximum atomic E-state index is 13.8. The Morgan fingerprint density at radius 1 is 0.824 bits per heavy atom. The summed E-state index contributed by atoms with van der Waals surface area (Å²) in [6.45, 7) is 2.18. The molecule has 6 heteroatoms. The Labute approximate surface area is 201 Å². The van der Waals surface area contributed by atoms with Gasteiger partial charge in [0.05, 0.1) is 10.9 Å². The first-order valence-electron chi connectivity index (χ1n) is 11.3. The summed E-state index contributed by atoms with van der Waals surface area (Å²) in [5, 5.41) is 4.51. The van der Waals surface area contributed by atoms with Gasteiger partial charge in [0.25, 0.3) is 0 Å². The summed E-state index contributed by atoms with van der Waals surface area (Å²) in [5.41, 5.74) is 1.87. The standard InChI is InChI=1S/C28H28N2O3S/c1-22(24-13-6-3-7-14-24)29-28(31)19-20-30(21-23-11-4-2-5-12-23)34(32,33)27-18-10-16-25-15-8-9-17-26(25)27/h2-18,22H,19-21H2,1H3,(H,29,31). The van der Waals surface area contributed by atoms with Crippen LogP contribution in [0.15, 0.2) is 108 Å². The van der Waals surface area contributed by atoms with Gasteiger partial charge in [0.2, 0.25) is 15.9 Å². The predicted octanol–water partition coefficient (Wildman–Crippen LogP) is 5.30. The van der Waals surface area contributed by atoms with Gasteiger partial charge in [0.15, 0.2) is 0 Å². The van der Waals surface area contributed by atoms with Gasteiger partial charge < -0.3 is 5.32 Å². The molecule has 0 aliphatic carbocycles. The van der Waals surface area contributed by atoms with Gasteiger partial charge in [-0.05, 0) is 29.5 Å². The van der Waals surface area contributed by atoms with E-state index in [0.29, 0.717) is 5.39 Å². The summed E-state index contributed by atoms with van der Waals surface area (Å²) in [7, 11) is -3.85. The molecule has 4 rings (SSSR count). The van der Waals surface area contributed by atoms with Crippen molar-refractivity contribution in [2.45, 2.75) is 30.8 Å². The van der Waals surface area contributed by atoms with E-state index >= 15 is 0 Å². The highest BCUT2D eigenvalue weighted by Gasteiger charge is 2.27. The van der Waals surface area contributed by atoms with Crippen molar-refractivity contribution in [3.63, 3.8) is 0 Å². The second-order valence-corrected chi connectivity index (χ2v) is 10.2. The van der Waals surface area contributed by atoms with Crippen LogP contribution in [0, 0.1) is 0 Å². The topological polar surface area (TPSA) is 66.5 Å². The van der Waals surface area contributed by atoms with Crippen LogP contribution in [0.4, 0.5) is 0 Å². The van der Waals surface area contributed by atoms with Crippen molar-refractivity contribution in [1.82, 2.24) is 9.62 Å². The van der Waals surface area contributed by atoms with Crippen LogP contribution in [-0.4, -0.2) is 25.2 Å². The first-order valence-corrected chi connectivity index (χ1v) is 12.8. The lowest BCUT2D eigenvalue weighted by Gasteiger charge is -2.23. The Hall–Kier alpha value is -3.48. The molecule has 174 valence electrons. The van der Waals surface area contributed by atoms with Gasteiger partial charge in [0, 0.05) is 24.9 Å². The van der Waals surface area contributed by atoms with Crippen LogP contribution in [0.5, 0.6) is 0 Å². The second kappa shape index (κ2) is 10.6. The molecule has 34 heavy (non-hydrogen) atoms. The van der Waals surface area contributed by atoms with Crippen LogP contribution in [0.1, 0.15) is 30.5 Å². The summed E-state index contributed by atoms with van der Waals surface area (Å²) in [4.78, 5) is 13.0. The number of rotatable bonds is 9. The van der Waals surface area contributed by atoms with E-state index < -0.39 is 10.0 Å². The molecule has 5 nitrogen and oxygen atoms in total. The van der Waals surface area contributed by atoms with Gasteiger partial charge in [-0.15, -0.1) is 0 Å². The van der Waals surface area contributed by atoms with Gasteiger partial charge in [-0.1, -0.05) is 97.1 Å². The van der Waals surface area contributed by atoms with Crippen LogP contribution in [-0.2, 0) is 21.4 Å². The molecule has 1 N–H and O–H groups in total. The largest absolute Gasteiger partial charge is 0.350 e. The fraction of sp³-hybridized carbons (Fsp3) is 0.179. The van der Waals surface area contributed by atoms with Crippen LogP contribution in [0.2, 0.25) is 0 Å². The fourth-order valence-corrected chi connectivity index (χ4v) is 5.64. The van der Waals surface area contributed by atoms with Gasteiger partial charge in [-0.3, -0.25) is 4.79 Å². The van der Waals surface area contributed by atoms with E-state index in [1.807, 2.05) is 97.9 Å². The minimum absolute atomic E-state index is 0.0635. The molecule has 0 saturated heterocycles. The molecule has 1 atom stereocenters. The third-order valence-corrected chi connectivity index (χ3v) is 7.74. The molecular formula is C28H28N2O3S. The van der Waals surface area contributed by atoms with Crippen LogP contribution >= 0.6 is 0 Å². The van der Waals surface area contributed by atoms with E-state index in [-0.39, 0.29) is 36.4 Å². The fourth-order valence-electron chi connectivity index (χ4n) is 4.00. The van der Waals surface area contributed by atoms with E-state index in [4.69, 9.17) is 0 Å². The Morgan fingerprint density at radius 2 is 1.44 bits per heavy atom. The number of carbonyl (C=O) groups is 1. The van der Waals surface area contributed by atoms with Crippen molar-refractivity contribution in [1.29, 1.82) is 0 Å². The normalized spacial score (nSPS) is 12.5. The van der Waals surface area contributed by atoms with Crippen molar-refractivity contribution in [2.75, 3.05) is 6.54 Å². The highest BCUT2D eigenvalue weighted by molar-refractivity contribution is 7.89. The van der Waals surface area contributed by atoms with Crippen molar-refractivity contribution >= 4 is 26.7 Å². The van der Waals surface area contributed by atoms with Gasteiger partial charge in [-0.2, -0.15) is 4.31 Å². The van der Waals surface area contributed by atoms with E-state index in [2.05, 4.69) is 5.32 Å². The van der Waals surface area contributed by atoms with Gasteiger partial charge >= 0.3 is 0 Å². The highest BCUT2D eigenvalue weighted by Crippen LogP contribution is 2.27. The molecule has 4 aromatic carbocycles. The monoisotopic (exact) mass is 472 g/mol. The van der Waals surface area contributed by atoms with Crippen molar-refractivity contribution in [3.05, 3.63) is 114 Å². The van der Waals surface area contributed by atoms with Crippen molar-refractivity contribution in [3.8, 4) is 0 Å².